The summed E-state index contributed by atoms with van der Waals surface area (Å²) < 4.78 is 2.24. The summed E-state index contributed by atoms with van der Waals surface area (Å²) in [5, 5.41) is 0.767. The van der Waals surface area contributed by atoms with E-state index in [0.29, 0.717) is 15.2 Å². The van der Waals surface area contributed by atoms with E-state index in [1.54, 1.807) is 6.07 Å². The quantitative estimate of drug-likeness (QED) is 0.427. The third kappa shape index (κ3) is 2.32. The van der Waals surface area contributed by atoms with Gasteiger partial charge in [-0.2, -0.15) is 0 Å². The summed E-state index contributed by atoms with van der Waals surface area (Å²) in [5.41, 5.74) is 1.24. The zero-order valence-corrected chi connectivity index (χ0v) is 14.5. The lowest BCUT2D eigenvalue weighted by Gasteiger charge is -2.10. The molecule has 7 heteroatoms. The van der Waals surface area contributed by atoms with Crippen molar-refractivity contribution in [1.82, 2.24) is 4.98 Å². The molecular weight excluding hydrogens is 437 g/mol. The van der Waals surface area contributed by atoms with E-state index in [1.165, 1.54) is 17.4 Å². The SMILES string of the molecule is O=c1cc2sc3cc(Cl)cc(Br)c3nc-2c(Br)c1Cl. The van der Waals surface area contributed by atoms with Gasteiger partial charge in [-0.1, -0.05) is 23.2 Å². The average Bonchev–Trinajstić information content (AvgIpc) is 2.34. The number of nitrogens with zero attached hydrogens (tertiary/aromatic N) is 1. The van der Waals surface area contributed by atoms with Gasteiger partial charge < -0.3 is 0 Å². The molecule has 0 bridgehead atoms. The molecule has 3 rings (SSSR count). The minimum atomic E-state index is -0.223. The molecule has 19 heavy (non-hydrogen) atoms. The van der Waals surface area contributed by atoms with Gasteiger partial charge in [-0.15, -0.1) is 11.3 Å². The highest BCUT2D eigenvalue weighted by Gasteiger charge is 2.17. The van der Waals surface area contributed by atoms with Crippen LogP contribution in [0.5, 0.6) is 0 Å². The van der Waals surface area contributed by atoms with Crippen molar-refractivity contribution in [2.75, 3.05) is 0 Å². The Hall–Kier alpha value is -0.200. The molecule has 0 N–H and O–H groups in total. The third-order valence-corrected chi connectivity index (χ3v) is 5.81. The van der Waals surface area contributed by atoms with Gasteiger partial charge in [0.1, 0.15) is 5.02 Å². The average molecular weight is 440 g/mol. The number of aromatic nitrogens is 1. The second kappa shape index (κ2) is 4.97. The van der Waals surface area contributed by atoms with E-state index in [-0.39, 0.29) is 10.5 Å². The van der Waals surface area contributed by atoms with Crippen molar-refractivity contribution in [3.63, 3.8) is 0 Å². The fourth-order valence-electron chi connectivity index (χ4n) is 1.71. The molecule has 0 fully saturated rings. The van der Waals surface area contributed by atoms with Crippen molar-refractivity contribution in [2.45, 2.75) is 0 Å². The summed E-state index contributed by atoms with van der Waals surface area (Å²) in [4.78, 5) is 17.0. The standard InChI is InChI=1S/C12H3Br2Cl2NOS/c13-5-1-4(15)2-7-11(5)17-12-8(19-7)3-6(18)10(16)9(12)14/h1-3H. The number of rotatable bonds is 0. The third-order valence-electron chi connectivity index (χ3n) is 2.55. The van der Waals surface area contributed by atoms with Crippen LogP contribution < -0.4 is 5.43 Å². The first kappa shape index (κ1) is 13.8. The molecule has 1 aliphatic carbocycles. The van der Waals surface area contributed by atoms with Crippen molar-refractivity contribution in [1.29, 1.82) is 0 Å². The molecule has 0 radical (unpaired) electrons. The molecule has 0 unspecified atom stereocenters. The Bertz CT molecular complexity index is 849. The molecule has 0 amide bonds. The minimum Gasteiger partial charge on any atom is -0.288 e. The van der Waals surface area contributed by atoms with E-state index in [1.807, 2.05) is 6.07 Å². The van der Waals surface area contributed by atoms with Crippen LogP contribution in [0.3, 0.4) is 0 Å². The molecule has 1 aromatic carbocycles. The Morgan fingerprint density at radius 3 is 2.63 bits per heavy atom. The molecule has 2 nitrogen and oxygen atoms in total. The van der Waals surface area contributed by atoms with E-state index in [4.69, 9.17) is 23.2 Å². The van der Waals surface area contributed by atoms with Gasteiger partial charge in [-0.3, -0.25) is 4.79 Å². The summed E-state index contributed by atoms with van der Waals surface area (Å²) in [5.74, 6) is 0. The fraction of sp³-hybridized carbons (Fsp3) is 0. The lowest BCUT2D eigenvalue weighted by Crippen LogP contribution is -2.03. The number of fused-ring (bicyclic) bond motifs is 2. The molecule has 0 saturated carbocycles. The van der Waals surface area contributed by atoms with Crippen LogP contribution in [-0.4, -0.2) is 4.98 Å². The number of hydrogen-bond acceptors (Lipinski definition) is 3. The van der Waals surface area contributed by atoms with E-state index in [0.717, 1.165) is 19.6 Å². The summed E-state index contributed by atoms with van der Waals surface area (Å²) >= 11 is 20.2. The molecule has 0 atom stereocenters. The van der Waals surface area contributed by atoms with Gasteiger partial charge in [0.15, 0.2) is 5.43 Å². The highest BCUT2D eigenvalue weighted by molar-refractivity contribution is 9.11. The van der Waals surface area contributed by atoms with Crippen LogP contribution in [0.4, 0.5) is 0 Å². The van der Waals surface area contributed by atoms with Crippen LogP contribution >= 0.6 is 66.4 Å². The molecule has 0 spiro atoms. The normalized spacial score (nSPS) is 11.4. The van der Waals surface area contributed by atoms with Crippen LogP contribution in [0.25, 0.3) is 20.8 Å². The fourth-order valence-corrected chi connectivity index (χ4v) is 4.67. The molecular formula is C12H3Br2Cl2NOS. The first-order valence-corrected chi connectivity index (χ1v) is 8.21. The zero-order chi connectivity index (χ0) is 13.7. The molecule has 1 aliphatic heterocycles. The van der Waals surface area contributed by atoms with Crippen molar-refractivity contribution in [2.24, 2.45) is 0 Å². The van der Waals surface area contributed by atoms with Crippen molar-refractivity contribution < 1.29 is 0 Å². The smallest absolute Gasteiger partial charge is 0.199 e. The lowest BCUT2D eigenvalue weighted by atomic mass is 10.2. The Labute approximate surface area is 139 Å². The van der Waals surface area contributed by atoms with Crippen LogP contribution in [0.15, 0.2) is 31.9 Å². The molecule has 1 aromatic rings. The molecule has 1 heterocycles. The molecule has 0 saturated heterocycles. The minimum absolute atomic E-state index is 0.150. The predicted octanol–water partition coefficient (Wildman–Crippen LogP) is 5.59. The van der Waals surface area contributed by atoms with Crippen molar-refractivity contribution >= 4 is 76.6 Å². The van der Waals surface area contributed by atoms with Gasteiger partial charge in [0.05, 0.1) is 25.3 Å². The summed E-state index contributed by atoms with van der Waals surface area (Å²) in [6.07, 6.45) is 0. The maximum Gasteiger partial charge on any atom is 0.199 e. The molecule has 0 aromatic heterocycles. The second-order valence-corrected chi connectivity index (χ2v) is 7.34. The van der Waals surface area contributed by atoms with E-state index in [2.05, 4.69) is 36.8 Å². The largest absolute Gasteiger partial charge is 0.288 e. The summed E-state index contributed by atoms with van der Waals surface area (Å²) in [6.45, 7) is 0. The number of hydrogen-bond donors (Lipinski definition) is 0. The van der Waals surface area contributed by atoms with Gasteiger partial charge >= 0.3 is 0 Å². The molecule has 96 valence electrons. The lowest BCUT2D eigenvalue weighted by molar-refractivity contribution is 1.38. The summed E-state index contributed by atoms with van der Waals surface area (Å²) in [6, 6.07) is 5.10. The summed E-state index contributed by atoms with van der Waals surface area (Å²) in [7, 11) is 0. The van der Waals surface area contributed by atoms with E-state index < -0.39 is 0 Å². The monoisotopic (exact) mass is 437 g/mol. The molecule has 2 aliphatic rings. The Kier molecular flexibility index (Phi) is 3.60. The predicted molar refractivity (Wildman–Crippen MR) is 87.9 cm³/mol. The van der Waals surface area contributed by atoms with Gasteiger partial charge in [0, 0.05) is 15.6 Å². The Morgan fingerprint density at radius 1 is 1.16 bits per heavy atom. The Balaban J connectivity index is 2.53. The zero-order valence-electron chi connectivity index (χ0n) is 9.01. The van der Waals surface area contributed by atoms with Crippen molar-refractivity contribution in [3.05, 3.63) is 47.4 Å². The first-order valence-electron chi connectivity index (χ1n) is 5.05. The van der Waals surface area contributed by atoms with Crippen LogP contribution in [0.1, 0.15) is 0 Å². The number of halogens is 4. The second-order valence-electron chi connectivity index (χ2n) is 3.80. The van der Waals surface area contributed by atoms with Gasteiger partial charge in [0.2, 0.25) is 0 Å². The number of benzene rings is 2. The van der Waals surface area contributed by atoms with Crippen molar-refractivity contribution in [3.8, 4) is 10.6 Å². The highest BCUT2D eigenvalue weighted by Crippen LogP contribution is 2.39. The van der Waals surface area contributed by atoms with E-state index >= 15 is 0 Å². The topological polar surface area (TPSA) is 30.0 Å². The van der Waals surface area contributed by atoms with Gasteiger partial charge in [-0.05, 0) is 44.0 Å². The van der Waals surface area contributed by atoms with Gasteiger partial charge in [0.25, 0.3) is 0 Å². The van der Waals surface area contributed by atoms with Gasteiger partial charge in [-0.25, -0.2) is 4.98 Å². The first-order chi connectivity index (χ1) is 8.97. The maximum absolute atomic E-state index is 11.7. The maximum atomic E-state index is 11.7. The Morgan fingerprint density at radius 2 is 1.89 bits per heavy atom. The van der Waals surface area contributed by atoms with Crippen LogP contribution in [0.2, 0.25) is 10.0 Å². The van der Waals surface area contributed by atoms with E-state index in [9.17, 15) is 4.79 Å². The van der Waals surface area contributed by atoms with Crippen LogP contribution in [-0.2, 0) is 0 Å². The highest BCUT2D eigenvalue weighted by atomic mass is 79.9. The van der Waals surface area contributed by atoms with Crippen LogP contribution in [0, 0.1) is 0 Å².